The molecule has 0 saturated heterocycles. The molecule has 5 aromatic rings. The molecule has 0 radical (unpaired) electrons. The van der Waals surface area contributed by atoms with Crippen LogP contribution in [0, 0.1) is 6.92 Å². The Kier molecular flexibility index (Phi) is 8.32. The number of aldehydes is 1. The van der Waals surface area contributed by atoms with Gasteiger partial charge < -0.3 is 19.3 Å². The van der Waals surface area contributed by atoms with Crippen LogP contribution in [0.2, 0.25) is 0 Å². The second-order valence-corrected chi connectivity index (χ2v) is 9.89. The molecule has 3 aromatic heterocycles. The zero-order chi connectivity index (χ0) is 29.7. The number of ether oxygens (including phenoxy) is 3. The molecule has 10 nitrogen and oxygen atoms in total. The molecular weight excluding hydrogens is 556 g/mol. The van der Waals surface area contributed by atoms with Crippen LogP contribution in [0.25, 0.3) is 16.6 Å². The Hall–Kier alpha value is -5.00. The predicted octanol–water partition coefficient (Wildman–Crippen LogP) is 4.70. The number of cyclic esters (lactones) is 1. The summed E-state index contributed by atoms with van der Waals surface area (Å²) >= 11 is 1.11. The van der Waals surface area contributed by atoms with Gasteiger partial charge in [-0.25, -0.2) is 14.8 Å². The van der Waals surface area contributed by atoms with Gasteiger partial charge in [0.2, 0.25) is 11.8 Å². The number of hydrogen-bond acceptors (Lipinski definition) is 11. The molecule has 0 saturated carbocycles. The van der Waals surface area contributed by atoms with Crippen LogP contribution in [0.3, 0.4) is 0 Å². The Morgan fingerprint density at radius 3 is 2.21 bits per heavy atom. The number of esters is 1. The van der Waals surface area contributed by atoms with E-state index in [-0.39, 0.29) is 6.42 Å². The number of aromatic nitrogens is 4. The average Bonchev–Trinajstić information content (AvgIpc) is 3.59. The van der Waals surface area contributed by atoms with E-state index in [1.165, 1.54) is 13.3 Å². The van der Waals surface area contributed by atoms with Crippen LogP contribution in [0.5, 0.6) is 11.8 Å². The molecule has 11 heteroatoms. The fourth-order valence-electron chi connectivity index (χ4n) is 4.41. The number of benzene rings is 2. The number of aryl methyl sites for hydroxylation is 1. The molecule has 0 bridgehead atoms. The summed E-state index contributed by atoms with van der Waals surface area (Å²) in [6.45, 7) is 1.96. The van der Waals surface area contributed by atoms with Gasteiger partial charge in [0.15, 0.2) is 6.29 Å². The minimum absolute atomic E-state index is 0.260. The van der Waals surface area contributed by atoms with Crippen molar-refractivity contribution in [2.24, 2.45) is 0 Å². The van der Waals surface area contributed by atoms with E-state index in [9.17, 15) is 14.7 Å². The number of methoxy groups -OCH3 is 2. The van der Waals surface area contributed by atoms with Crippen molar-refractivity contribution in [3.05, 3.63) is 113 Å². The van der Waals surface area contributed by atoms with Crippen molar-refractivity contribution in [1.29, 1.82) is 0 Å². The van der Waals surface area contributed by atoms with Gasteiger partial charge in [-0.05, 0) is 36.2 Å². The molecule has 0 aliphatic carbocycles. The second-order valence-electron chi connectivity index (χ2n) is 9.36. The quantitative estimate of drug-likeness (QED) is 0.213. The zero-order valence-corrected chi connectivity index (χ0v) is 23.8. The maximum atomic E-state index is 13.1. The molecule has 0 spiro atoms. The van der Waals surface area contributed by atoms with Crippen LogP contribution in [0.15, 0.2) is 84.7 Å². The second kappa shape index (κ2) is 12.2. The molecule has 1 N–H and O–H groups in total. The van der Waals surface area contributed by atoms with E-state index < -0.39 is 11.8 Å². The van der Waals surface area contributed by atoms with Crippen molar-refractivity contribution in [3.63, 3.8) is 0 Å². The summed E-state index contributed by atoms with van der Waals surface area (Å²) < 4.78 is 24.1. The van der Waals surface area contributed by atoms with Crippen LogP contribution in [0.1, 0.15) is 32.6 Å². The van der Waals surface area contributed by atoms with E-state index >= 15 is 0 Å². The normalized spacial score (nSPS) is 16.0. The van der Waals surface area contributed by atoms with Crippen molar-refractivity contribution in [1.82, 2.24) is 18.7 Å². The Morgan fingerprint density at radius 1 is 0.905 bits per heavy atom. The number of pyridine rings is 2. The summed E-state index contributed by atoms with van der Waals surface area (Å²) in [4.78, 5) is 31.3. The SMILES string of the molecule is COc1ccc(C=O)cn1.COc1ccc(CC2=C(c3ccc4nsnc4c3)C(=O)OC2(O)c2ccc(C)cc2)cn1. The number of rotatable bonds is 7. The van der Waals surface area contributed by atoms with Crippen molar-refractivity contribution >= 4 is 40.6 Å². The van der Waals surface area contributed by atoms with Gasteiger partial charge >= 0.3 is 5.97 Å². The fourth-order valence-corrected chi connectivity index (χ4v) is 4.93. The van der Waals surface area contributed by atoms with E-state index in [4.69, 9.17) is 14.2 Å². The number of carbonyl (C=O) groups is 2. The lowest BCUT2D eigenvalue weighted by Crippen LogP contribution is -2.29. The highest BCUT2D eigenvalue weighted by Crippen LogP contribution is 2.45. The van der Waals surface area contributed by atoms with Gasteiger partial charge in [-0.3, -0.25) is 4.79 Å². The lowest BCUT2D eigenvalue weighted by atomic mass is 9.88. The third-order valence-electron chi connectivity index (χ3n) is 6.63. The van der Waals surface area contributed by atoms with Crippen LogP contribution < -0.4 is 9.47 Å². The third-order valence-corrected chi connectivity index (χ3v) is 7.19. The smallest absolute Gasteiger partial charge is 0.342 e. The van der Waals surface area contributed by atoms with Crippen molar-refractivity contribution < 1.29 is 28.9 Å². The number of nitrogens with zero attached hydrogens (tertiary/aromatic N) is 4. The van der Waals surface area contributed by atoms with E-state index in [1.54, 1.807) is 55.8 Å². The minimum atomic E-state index is -1.89. The number of aliphatic hydroxyl groups is 1. The fraction of sp³-hybridized carbons (Fsp3) is 0.161. The average molecular weight is 583 g/mol. The third kappa shape index (κ3) is 5.87. The van der Waals surface area contributed by atoms with Gasteiger partial charge in [0.1, 0.15) is 11.0 Å². The minimum Gasteiger partial charge on any atom is -0.481 e. The van der Waals surface area contributed by atoms with Gasteiger partial charge in [0.25, 0.3) is 5.79 Å². The molecule has 0 amide bonds. The highest BCUT2D eigenvalue weighted by molar-refractivity contribution is 7.00. The highest BCUT2D eigenvalue weighted by atomic mass is 32.1. The first kappa shape index (κ1) is 28.5. The summed E-state index contributed by atoms with van der Waals surface area (Å²) in [5, 5.41) is 11.7. The first-order valence-electron chi connectivity index (χ1n) is 12.8. The maximum absolute atomic E-state index is 13.1. The summed E-state index contributed by atoms with van der Waals surface area (Å²) in [6, 6.07) is 19.6. The van der Waals surface area contributed by atoms with Gasteiger partial charge in [0.05, 0.1) is 31.5 Å². The lowest BCUT2D eigenvalue weighted by molar-refractivity contribution is -0.185. The molecule has 1 aliphatic heterocycles. The number of fused-ring (bicyclic) bond motifs is 1. The van der Waals surface area contributed by atoms with Crippen molar-refractivity contribution in [2.45, 2.75) is 19.1 Å². The summed E-state index contributed by atoms with van der Waals surface area (Å²) in [6.07, 6.45) is 4.13. The topological polar surface area (TPSA) is 134 Å². The van der Waals surface area contributed by atoms with Crippen molar-refractivity contribution in [3.8, 4) is 11.8 Å². The molecule has 6 rings (SSSR count). The van der Waals surface area contributed by atoms with Gasteiger partial charge in [-0.15, -0.1) is 0 Å². The van der Waals surface area contributed by atoms with E-state index in [0.29, 0.717) is 45.1 Å². The standard InChI is InChI=1S/C24H19N3O4S.C7H7NO2/c1-14-3-7-17(8-4-14)24(29)18(11-15-5-10-21(30-2)25-13-15)22(23(28)31-24)16-6-9-19-20(12-16)27-32-26-19;1-10-7-3-2-6(5-9)4-8-7/h3-10,12-13,29H,11H2,1-2H3;2-5H,1H3. The summed E-state index contributed by atoms with van der Waals surface area (Å²) in [5.41, 5.74) is 5.70. The first-order chi connectivity index (χ1) is 20.3. The number of carbonyl (C=O) groups excluding carboxylic acids is 2. The van der Waals surface area contributed by atoms with Crippen LogP contribution >= 0.6 is 11.7 Å². The monoisotopic (exact) mass is 582 g/mol. The Balaban J connectivity index is 0.000000300. The predicted molar refractivity (Wildman–Crippen MR) is 156 cm³/mol. The van der Waals surface area contributed by atoms with E-state index in [2.05, 4.69) is 18.7 Å². The molecular formula is C31H26N4O6S. The maximum Gasteiger partial charge on any atom is 0.342 e. The van der Waals surface area contributed by atoms with Crippen molar-refractivity contribution in [2.75, 3.05) is 14.2 Å². The molecule has 1 atom stereocenters. The largest absolute Gasteiger partial charge is 0.481 e. The van der Waals surface area contributed by atoms with E-state index in [1.807, 2.05) is 31.2 Å². The van der Waals surface area contributed by atoms with Crippen LogP contribution in [0.4, 0.5) is 0 Å². The van der Waals surface area contributed by atoms with E-state index in [0.717, 1.165) is 34.7 Å². The Bertz CT molecular complexity index is 1750. The molecule has 1 unspecified atom stereocenters. The highest BCUT2D eigenvalue weighted by Gasteiger charge is 2.48. The molecule has 1 aliphatic rings. The van der Waals surface area contributed by atoms with Crippen LogP contribution in [-0.2, 0) is 21.7 Å². The molecule has 4 heterocycles. The Morgan fingerprint density at radius 2 is 1.60 bits per heavy atom. The Labute approximate surface area is 245 Å². The zero-order valence-electron chi connectivity index (χ0n) is 23.0. The van der Waals surface area contributed by atoms with Crippen LogP contribution in [-0.4, -0.2) is 50.3 Å². The first-order valence-corrected chi connectivity index (χ1v) is 13.5. The van der Waals surface area contributed by atoms with Gasteiger partial charge in [0, 0.05) is 47.6 Å². The van der Waals surface area contributed by atoms with Gasteiger partial charge in [-0.1, -0.05) is 42.0 Å². The summed E-state index contributed by atoms with van der Waals surface area (Å²) in [5.74, 6) is -1.48. The lowest BCUT2D eigenvalue weighted by Gasteiger charge is -2.25. The number of hydrogen-bond donors (Lipinski definition) is 1. The molecule has 2 aromatic carbocycles. The summed E-state index contributed by atoms with van der Waals surface area (Å²) in [7, 11) is 3.08. The molecule has 212 valence electrons. The molecule has 42 heavy (non-hydrogen) atoms. The van der Waals surface area contributed by atoms with Gasteiger partial charge in [-0.2, -0.15) is 8.75 Å². The molecule has 0 fully saturated rings.